The van der Waals surface area contributed by atoms with E-state index >= 15 is 0 Å². The number of hydrogen-bond acceptors (Lipinski definition) is 4. The smallest absolute Gasteiger partial charge is 0.201 e. The Morgan fingerprint density at radius 2 is 2.50 bits per heavy atom. The van der Waals surface area contributed by atoms with E-state index in [1.54, 1.807) is 4.68 Å². The highest BCUT2D eigenvalue weighted by Crippen LogP contribution is 1.97. The monoisotopic (exact) mass is 168 g/mol. The van der Waals surface area contributed by atoms with Crippen LogP contribution in [0.1, 0.15) is 24.0 Å². The van der Waals surface area contributed by atoms with E-state index < -0.39 is 0 Å². The zero-order chi connectivity index (χ0) is 8.97. The van der Waals surface area contributed by atoms with Crippen molar-refractivity contribution in [2.45, 2.75) is 19.9 Å². The van der Waals surface area contributed by atoms with Crippen molar-refractivity contribution in [3.8, 4) is 0 Å². The van der Waals surface area contributed by atoms with Gasteiger partial charge in [-0.15, -0.1) is 0 Å². The molecule has 0 aliphatic carbocycles. The molecule has 0 saturated heterocycles. The number of carbonyl (C=O) groups excluding carboxylic acids is 1. The van der Waals surface area contributed by atoms with Gasteiger partial charge >= 0.3 is 0 Å². The van der Waals surface area contributed by atoms with Gasteiger partial charge in [-0.3, -0.25) is 4.79 Å². The maximum Gasteiger partial charge on any atom is 0.201 e. The number of aromatic nitrogens is 3. The zero-order valence-electron chi connectivity index (χ0n) is 7.03. The fraction of sp³-hybridized carbons (Fsp3) is 0.571. The first-order valence-electron chi connectivity index (χ1n) is 3.90. The fourth-order valence-electron chi connectivity index (χ4n) is 0.954. The van der Waals surface area contributed by atoms with Crippen LogP contribution in [0, 0.1) is 0 Å². The highest BCUT2D eigenvalue weighted by molar-refractivity contribution is 5.92. The van der Waals surface area contributed by atoms with E-state index in [-0.39, 0.29) is 5.78 Å². The van der Waals surface area contributed by atoms with Crippen LogP contribution in [0.15, 0.2) is 6.33 Å². The van der Waals surface area contributed by atoms with E-state index in [9.17, 15) is 4.79 Å². The number of nitrogens with two attached hydrogens (primary N) is 1. The van der Waals surface area contributed by atoms with Crippen molar-refractivity contribution in [2.24, 2.45) is 5.73 Å². The zero-order valence-corrected chi connectivity index (χ0v) is 7.03. The Labute approximate surface area is 70.6 Å². The van der Waals surface area contributed by atoms with Crippen molar-refractivity contribution in [1.29, 1.82) is 0 Å². The van der Waals surface area contributed by atoms with Crippen LogP contribution in [-0.4, -0.2) is 27.1 Å². The first-order chi connectivity index (χ1) is 5.79. The number of carbonyl (C=O) groups is 1. The predicted octanol–water partition coefficient (Wildman–Crippen LogP) is -0.170. The molecule has 0 spiro atoms. The van der Waals surface area contributed by atoms with Gasteiger partial charge in [-0.05, 0) is 13.5 Å². The summed E-state index contributed by atoms with van der Waals surface area (Å²) in [5.74, 6) is 0.361. The molecule has 1 aromatic heterocycles. The van der Waals surface area contributed by atoms with Gasteiger partial charge in [0.1, 0.15) is 6.33 Å². The van der Waals surface area contributed by atoms with Crippen molar-refractivity contribution in [3.63, 3.8) is 0 Å². The molecule has 0 amide bonds. The molecule has 1 rings (SSSR count). The molecule has 0 aromatic carbocycles. The summed E-state index contributed by atoms with van der Waals surface area (Å²) in [6.45, 7) is 2.93. The molecule has 1 aromatic rings. The first kappa shape index (κ1) is 8.86. The first-order valence-corrected chi connectivity index (χ1v) is 3.90. The molecular weight excluding hydrogens is 156 g/mol. The molecule has 5 nitrogen and oxygen atoms in total. The molecule has 1 heterocycles. The molecule has 5 heteroatoms. The van der Waals surface area contributed by atoms with E-state index in [1.807, 2.05) is 6.92 Å². The van der Waals surface area contributed by atoms with Gasteiger partial charge in [0.2, 0.25) is 5.78 Å². The van der Waals surface area contributed by atoms with Crippen LogP contribution in [0.25, 0.3) is 0 Å². The number of Topliss-reactive ketones (excluding diaryl/α,β-unsaturated/α-hetero) is 1. The summed E-state index contributed by atoms with van der Waals surface area (Å²) in [4.78, 5) is 15.1. The summed E-state index contributed by atoms with van der Waals surface area (Å²) in [5, 5.41) is 3.88. The number of rotatable bonds is 4. The minimum atomic E-state index is -0.0446. The maximum atomic E-state index is 11.3. The van der Waals surface area contributed by atoms with Crippen LogP contribution in [0.3, 0.4) is 0 Å². The second-order valence-corrected chi connectivity index (χ2v) is 2.36. The average molecular weight is 168 g/mol. The highest BCUT2D eigenvalue weighted by Gasteiger charge is 2.10. The molecule has 0 aliphatic heterocycles. The van der Waals surface area contributed by atoms with Gasteiger partial charge in [-0.2, -0.15) is 5.10 Å². The Balaban J connectivity index is 2.79. The van der Waals surface area contributed by atoms with E-state index in [1.165, 1.54) is 6.33 Å². The number of aryl methyl sites for hydroxylation is 1. The second-order valence-electron chi connectivity index (χ2n) is 2.36. The Morgan fingerprint density at radius 3 is 3.08 bits per heavy atom. The van der Waals surface area contributed by atoms with Crippen molar-refractivity contribution >= 4 is 5.78 Å². The quantitative estimate of drug-likeness (QED) is 0.633. The van der Waals surface area contributed by atoms with Gasteiger partial charge in [0, 0.05) is 13.0 Å². The number of hydrogen-bond donors (Lipinski definition) is 1. The molecule has 0 atom stereocenters. The molecule has 0 aliphatic rings. The number of nitrogens with zero attached hydrogens (tertiary/aromatic N) is 3. The van der Waals surface area contributed by atoms with Gasteiger partial charge in [0.05, 0.1) is 0 Å². The van der Waals surface area contributed by atoms with Crippen LogP contribution < -0.4 is 5.73 Å². The SMILES string of the molecule is CCn1ncnc1C(=O)CCN. The minimum Gasteiger partial charge on any atom is -0.330 e. The third-order valence-electron chi connectivity index (χ3n) is 1.54. The molecule has 0 bridgehead atoms. The molecular formula is C7H12N4O. The van der Waals surface area contributed by atoms with Crippen molar-refractivity contribution < 1.29 is 4.79 Å². The lowest BCUT2D eigenvalue weighted by molar-refractivity contribution is 0.0970. The Hall–Kier alpha value is -1.23. The Bertz CT molecular complexity index is 268. The lowest BCUT2D eigenvalue weighted by atomic mass is 10.3. The normalized spacial score (nSPS) is 10.2. The predicted molar refractivity (Wildman–Crippen MR) is 43.7 cm³/mol. The summed E-state index contributed by atoms with van der Waals surface area (Å²) in [7, 11) is 0. The third kappa shape index (κ3) is 1.68. The molecule has 12 heavy (non-hydrogen) atoms. The lowest BCUT2D eigenvalue weighted by Crippen LogP contribution is -2.14. The summed E-state index contributed by atoms with van der Waals surface area (Å²) < 4.78 is 1.57. The molecule has 66 valence electrons. The Kier molecular flexibility index (Phi) is 2.93. The topological polar surface area (TPSA) is 73.8 Å². The highest BCUT2D eigenvalue weighted by atomic mass is 16.1. The van der Waals surface area contributed by atoms with Gasteiger partial charge in [0.15, 0.2) is 5.82 Å². The molecule has 2 N–H and O–H groups in total. The second kappa shape index (κ2) is 3.96. The molecule has 0 fully saturated rings. The van der Waals surface area contributed by atoms with E-state index in [0.29, 0.717) is 25.3 Å². The minimum absolute atomic E-state index is 0.0446. The lowest BCUT2D eigenvalue weighted by Gasteiger charge is -1.99. The van der Waals surface area contributed by atoms with Crippen LogP contribution >= 0.6 is 0 Å². The Morgan fingerprint density at radius 1 is 1.75 bits per heavy atom. The third-order valence-corrected chi connectivity index (χ3v) is 1.54. The van der Waals surface area contributed by atoms with Crippen molar-refractivity contribution in [1.82, 2.24) is 14.8 Å². The van der Waals surface area contributed by atoms with Gasteiger partial charge in [-0.25, -0.2) is 9.67 Å². The molecule has 0 saturated carbocycles. The van der Waals surface area contributed by atoms with Gasteiger partial charge in [-0.1, -0.05) is 0 Å². The van der Waals surface area contributed by atoms with E-state index in [4.69, 9.17) is 5.73 Å². The van der Waals surface area contributed by atoms with Gasteiger partial charge in [0.25, 0.3) is 0 Å². The molecule has 0 radical (unpaired) electrons. The summed E-state index contributed by atoms with van der Waals surface area (Å²) in [5.41, 5.74) is 5.25. The van der Waals surface area contributed by atoms with Crippen molar-refractivity contribution in [3.05, 3.63) is 12.2 Å². The van der Waals surface area contributed by atoms with E-state index in [2.05, 4.69) is 10.1 Å². The fourth-order valence-corrected chi connectivity index (χ4v) is 0.954. The summed E-state index contributed by atoms with van der Waals surface area (Å²) in [6.07, 6.45) is 1.71. The van der Waals surface area contributed by atoms with Crippen molar-refractivity contribution in [2.75, 3.05) is 6.54 Å². The standard InChI is InChI=1S/C7H12N4O/c1-2-11-7(9-5-10-11)6(12)3-4-8/h5H,2-4,8H2,1H3. The number of ketones is 1. The van der Waals surface area contributed by atoms with E-state index in [0.717, 1.165) is 0 Å². The largest absolute Gasteiger partial charge is 0.330 e. The van der Waals surface area contributed by atoms with Crippen LogP contribution in [0.4, 0.5) is 0 Å². The molecule has 0 unspecified atom stereocenters. The summed E-state index contributed by atoms with van der Waals surface area (Å²) >= 11 is 0. The van der Waals surface area contributed by atoms with Crippen LogP contribution in [0.5, 0.6) is 0 Å². The summed E-state index contributed by atoms with van der Waals surface area (Å²) in [6, 6.07) is 0. The van der Waals surface area contributed by atoms with Crippen LogP contribution in [0.2, 0.25) is 0 Å². The van der Waals surface area contributed by atoms with Gasteiger partial charge < -0.3 is 5.73 Å². The van der Waals surface area contributed by atoms with Crippen LogP contribution in [-0.2, 0) is 6.54 Å². The average Bonchev–Trinajstić information content (AvgIpc) is 2.51. The maximum absolute atomic E-state index is 11.3.